The number of phenolic OH excluding ortho intramolecular Hbond substituents is 1. The van der Waals surface area contributed by atoms with Gasteiger partial charge in [-0.05, 0) is 83.9 Å². The molecule has 198 valence electrons. The van der Waals surface area contributed by atoms with E-state index in [9.17, 15) is 9.90 Å². The van der Waals surface area contributed by atoms with Gasteiger partial charge in [-0.15, -0.1) is 0 Å². The Bertz CT molecular complexity index is 944. The third-order valence-electron chi connectivity index (χ3n) is 6.40. The highest BCUT2D eigenvalue weighted by Crippen LogP contribution is 2.38. The van der Waals surface area contributed by atoms with Gasteiger partial charge in [-0.1, -0.05) is 39.7 Å². The van der Waals surface area contributed by atoms with Crippen molar-refractivity contribution in [3.63, 3.8) is 0 Å². The molecule has 1 aliphatic carbocycles. The van der Waals surface area contributed by atoms with Crippen LogP contribution in [0.1, 0.15) is 88.7 Å². The second-order valence-electron chi connectivity index (χ2n) is 9.46. The summed E-state index contributed by atoms with van der Waals surface area (Å²) in [6, 6.07) is 8.13. The molecule has 2 unspecified atom stereocenters. The smallest absolute Gasteiger partial charge is 0.222 e. The molecule has 2 heterocycles. The van der Waals surface area contributed by atoms with Crippen molar-refractivity contribution in [1.29, 1.82) is 0 Å². The minimum Gasteiger partial charge on any atom is -0.508 e. The fraction of sp³-hybridized carbons (Fsp3) is 0.552. The number of nitrogens with zero attached hydrogens (tertiary/aromatic N) is 3. The molecule has 1 saturated heterocycles. The zero-order valence-corrected chi connectivity index (χ0v) is 24.1. The minimum atomic E-state index is 0.0431. The Labute approximate surface area is 225 Å². The Morgan fingerprint density at radius 2 is 1.83 bits per heavy atom. The van der Waals surface area contributed by atoms with Crippen molar-refractivity contribution in [3.8, 4) is 5.75 Å². The largest absolute Gasteiger partial charge is 0.508 e. The molecule has 6 nitrogen and oxygen atoms in total. The van der Waals surface area contributed by atoms with Gasteiger partial charge in [0.05, 0.1) is 11.7 Å². The molecule has 1 N–H and O–H groups in total. The summed E-state index contributed by atoms with van der Waals surface area (Å²) in [6.45, 7) is 12.4. The number of unbranched alkanes of at least 4 members (excludes halogenated alkanes) is 1. The van der Waals surface area contributed by atoms with E-state index in [0.29, 0.717) is 12.2 Å². The van der Waals surface area contributed by atoms with Crippen molar-refractivity contribution in [2.45, 2.75) is 85.2 Å². The maximum atomic E-state index is 12.6. The molecular weight excluding hydrogens is 518 g/mol. The van der Waals surface area contributed by atoms with E-state index in [1.165, 1.54) is 30.0 Å². The van der Waals surface area contributed by atoms with Crippen LogP contribution in [-0.2, 0) is 22.4 Å². The van der Waals surface area contributed by atoms with Crippen LogP contribution in [0.15, 0.2) is 34.9 Å². The molecule has 0 radical (unpaired) electrons. The number of aromatic nitrogens is 1. The first-order valence-corrected chi connectivity index (χ1v) is 14.0. The summed E-state index contributed by atoms with van der Waals surface area (Å²) in [5.41, 5.74) is 4.75. The molecular formula is C29H42BrN3O3. The maximum Gasteiger partial charge on any atom is 0.222 e. The lowest BCUT2D eigenvalue weighted by atomic mass is 9.95. The Morgan fingerprint density at radius 3 is 2.47 bits per heavy atom. The van der Waals surface area contributed by atoms with Gasteiger partial charge in [-0.25, -0.2) is 0 Å². The number of carbonyl (C=O) groups excluding carboxylic acids is 2. The normalized spacial score (nSPS) is 18.9. The summed E-state index contributed by atoms with van der Waals surface area (Å²) in [4.78, 5) is 30.8. The number of amides is 1. The van der Waals surface area contributed by atoms with Crippen LogP contribution in [0.2, 0.25) is 0 Å². The number of carbonyl (C=O) groups is 2. The zero-order chi connectivity index (χ0) is 26.7. The summed E-state index contributed by atoms with van der Waals surface area (Å²) in [6.07, 6.45) is 8.31. The first-order valence-electron chi connectivity index (χ1n) is 13.2. The number of phenols is 1. The van der Waals surface area contributed by atoms with Crippen molar-refractivity contribution < 1.29 is 14.7 Å². The Balaban J connectivity index is 0.000000693. The number of aryl methyl sites for hydroxylation is 2. The van der Waals surface area contributed by atoms with Gasteiger partial charge in [0.2, 0.25) is 5.91 Å². The second-order valence-corrected chi connectivity index (χ2v) is 10.4. The fourth-order valence-electron chi connectivity index (χ4n) is 4.86. The molecule has 4 rings (SSSR count). The van der Waals surface area contributed by atoms with Crippen LogP contribution in [0.5, 0.6) is 5.75 Å². The number of hydrogen-bond donors (Lipinski definition) is 1. The molecule has 2 aliphatic rings. The highest BCUT2D eigenvalue weighted by molar-refractivity contribution is 9.10. The molecule has 0 saturated carbocycles. The molecule has 1 amide bonds. The van der Waals surface area contributed by atoms with Gasteiger partial charge in [0, 0.05) is 42.8 Å². The molecule has 1 fully saturated rings. The molecule has 0 bridgehead atoms. The lowest BCUT2D eigenvalue weighted by molar-refractivity contribution is -0.136. The van der Waals surface area contributed by atoms with E-state index < -0.39 is 0 Å². The summed E-state index contributed by atoms with van der Waals surface area (Å²) < 4.78 is 0.994. The third-order valence-corrected chi connectivity index (χ3v) is 6.83. The number of fused-ring (bicyclic) bond motifs is 2. The predicted octanol–water partition coefficient (Wildman–Crippen LogP) is 6.08. The number of aldehydes is 1. The Morgan fingerprint density at radius 1 is 1.17 bits per heavy atom. The van der Waals surface area contributed by atoms with E-state index >= 15 is 0 Å². The molecule has 1 aromatic carbocycles. The van der Waals surface area contributed by atoms with Crippen LogP contribution in [0.4, 0.5) is 0 Å². The van der Waals surface area contributed by atoms with Crippen LogP contribution in [0.25, 0.3) is 0 Å². The van der Waals surface area contributed by atoms with Crippen LogP contribution >= 0.6 is 15.9 Å². The average Bonchev–Trinajstić information content (AvgIpc) is 2.99. The molecule has 1 aliphatic heterocycles. The first-order chi connectivity index (χ1) is 17.3. The van der Waals surface area contributed by atoms with Gasteiger partial charge in [0.25, 0.3) is 0 Å². The highest BCUT2D eigenvalue weighted by atomic mass is 79.9. The van der Waals surface area contributed by atoms with Crippen molar-refractivity contribution in [1.82, 2.24) is 14.8 Å². The van der Waals surface area contributed by atoms with Gasteiger partial charge in [-0.2, -0.15) is 0 Å². The number of piperazine rings is 1. The number of benzene rings is 1. The SMILES string of the molecule is CC=O.CCC.CCCCC(=O)N1CCN(C2c3ccc(O)cc3CCc3cc(Br)cnc32)CC1C. The summed E-state index contributed by atoms with van der Waals surface area (Å²) >= 11 is 3.57. The van der Waals surface area contributed by atoms with Gasteiger partial charge < -0.3 is 14.8 Å². The van der Waals surface area contributed by atoms with Gasteiger partial charge >= 0.3 is 0 Å². The summed E-state index contributed by atoms with van der Waals surface area (Å²) in [5, 5.41) is 10.1. The highest BCUT2D eigenvalue weighted by Gasteiger charge is 2.35. The van der Waals surface area contributed by atoms with E-state index in [0.717, 1.165) is 61.8 Å². The standard InChI is InChI=1S/C24H30BrN3O2.C3H8.C2H4O/c1-3-4-5-22(30)28-11-10-27(15-16(28)2)24-21-9-8-20(29)13-17(21)6-7-18-12-19(25)14-26-23(18)24;1-3-2;1-2-3/h8-9,12-14,16,24,29H,3-7,10-11,15H2,1-2H3;3H2,1-2H3;2H,1H3. The quantitative estimate of drug-likeness (QED) is 0.459. The number of hydrogen-bond acceptors (Lipinski definition) is 5. The van der Waals surface area contributed by atoms with E-state index in [1.807, 2.05) is 12.3 Å². The van der Waals surface area contributed by atoms with Crippen LogP contribution in [-0.4, -0.2) is 57.8 Å². The first kappa shape index (κ1) is 30.0. The van der Waals surface area contributed by atoms with Crippen molar-refractivity contribution in [2.24, 2.45) is 0 Å². The fourth-order valence-corrected chi connectivity index (χ4v) is 5.24. The van der Waals surface area contributed by atoms with Crippen LogP contribution in [0, 0.1) is 0 Å². The van der Waals surface area contributed by atoms with E-state index in [-0.39, 0.29) is 18.0 Å². The number of pyridine rings is 1. The second kappa shape index (κ2) is 15.1. The van der Waals surface area contributed by atoms with Crippen molar-refractivity contribution in [3.05, 3.63) is 57.3 Å². The van der Waals surface area contributed by atoms with E-state index in [1.54, 1.807) is 6.07 Å². The van der Waals surface area contributed by atoms with Gasteiger partial charge in [-0.3, -0.25) is 14.7 Å². The average molecular weight is 561 g/mol. The Hall–Kier alpha value is -2.25. The minimum absolute atomic E-state index is 0.0431. The molecule has 2 aromatic rings. The summed E-state index contributed by atoms with van der Waals surface area (Å²) in [5.74, 6) is 0.588. The topological polar surface area (TPSA) is 73.7 Å². The maximum absolute atomic E-state index is 12.6. The van der Waals surface area contributed by atoms with E-state index in [2.05, 4.69) is 65.6 Å². The summed E-state index contributed by atoms with van der Waals surface area (Å²) in [7, 11) is 0. The monoisotopic (exact) mass is 559 g/mol. The number of aromatic hydroxyl groups is 1. The molecule has 2 atom stereocenters. The van der Waals surface area contributed by atoms with Crippen LogP contribution < -0.4 is 0 Å². The lowest BCUT2D eigenvalue weighted by Gasteiger charge is -2.43. The predicted molar refractivity (Wildman–Crippen MR) is 149 cm³/mol. The zero-order valence-electron chi connectivity index (χ0n) is 22.5. The Kier molecular flexibility index (Phi) is 12.6. The van der Waals surface area contributed by atoms with Crippen molar-refractivity contribution in [2.75, 3.05) is 19.6 Å². The lowest BCUT2D eigenvalue weighted by Crippen LogP contribution is -2.55. The van der Waals surface area contributed by atoms with E-state index in [4.69, 9.17) is 9.78 Å². The molecule has 0 spiro atoms. The number of rotatable bonds is 4. The molecule has 36 heavy (non-hydrogen) atoms. The van der Waals surface area contributed by atoms with Crippen molar-refractivity contribution >= 4 is 28.1 Å². The molecule has 7 heteroatoms. The third kappa shape index (κ3) is 7.87. The van der Waals surface area contributed by atoms with Crippen LogP contribution in [0.3, 0.4) is 0 Å². The van der Waals surface area contributed by atoms with Gasteiger partial charge in [0.15, 0.2) is 0 Å². The van der Waals surface area contributed by atoms with Gasteiger partial charge in [0.1, 0.15) is 12.0 Å². The number of halogens is 1. The molecule has 1 aromatic heterocycles.